The number of hydrogen-bond acceptors (Lipinski definition) is 1. The lowest BCUT2D eigenvalue weighted by Gasteiger charge is -2.27. The molecule has 1 heteroatoms. The molecular formula is C11H21N. The molecule has 0 N–H and O–H groups in total. The summed E-state index contributed by atoms with van der Waals surface area (Å²) in [6.07, 6.45) is 5.84. The van der Waals surface area contributed by atoms with Crippen LogP contribution in [0.3, 0.4) is 0 Å². The molecule has 1 aliphatic carbocycles. The molecule has 0 aromatic rings. The molecule has 0 aromatic carbocycles. The summed E-state index contributed by atoms with van der Waals surface area (Å²) in [5, 5.41) is 0. The molecule has 3 unspecified atom stereocenters. The second-order valence-corrected chi connectivity index (χ2v) is 4.86. The minimum atomic E-state index is 0.940. The minimum Gasteiger partial charge on any atom is -0.300 e. The molecule has 12 heavy (non-hydrogen) atoms. The van der Waals surface area contributed by atoms with Gasteiger partial charge in [0.25, 0.3) is 0 Å². The first-order valence-corrected chi connectivity index (χ1v) is 5.51. The lowest BCUT2D eigenvalue weighted by Crippen LogP contribution is -2.34. The van der Waals surface area contributed by atoms with Crippen molar-refractivity contribution in [2.45, 2.75) is 45.6 Å². The molecule has 0 bridgehead atoms. The molecule has 0 aromatic heterocycles. The average molecular weight is 167 g/mol. The molecular weight excluding hydrogens is 146 g/mol. The third kappa shape index (κ3) is 1.52. The summed E-state index contributed by atoms with van der Waals surface area (Å²) < 4.78 is 0. The number of likely N-dealkylation sites (tertiary alicyclic amines) is 1. The summed E-state index contributed by atoms with van der Waals surface area (Å²) >= 11 is 0. The Kier molecular flexibility index (Phi) is 2.40. The summed E-state index contributed by atoms with van der Waals surface area (Å²) in [7, 11) is 0. The van der Waals surface area contributed by atoms with Crippen LogP contribution in [0.15, 0.2) is 0 Å². The Labute approximate surface area is 76.1 Å². The van der Waals surface area contributed by atoms with Gasteiger partial charge in [-0.15, -0.1) is 0 Å². The van der Waals surface area contributed by atoms with E-state index < -0.39 is 0 Å². The van der Waals surface area contributed by atoms with Crippen LogP contribution in [0.4, 0.5) is 0 Å². The fourth-order valence-electron chi connectivity index (χ4n) is 2.94. The molecule has 0 amide bonds. The van der Waals surface area contributed by atoms with Gasteiger partial charge in [-0.25, -0.2) is 0 Å². The highest BCUT2D eigenvalue weighted by Crippen LogP contribution is 2.32. The van der Waals surface area contributed by atoms with Crippen molar-refractivity contribution in [3.63, 3.8) is 0 Å². The van der Waals surface area contributed by atoms with Gasteiger partial charge in [0.1, 0.15) is 0 Å². The highest BCUT2D eigenvalue weighted by molar-refractivity contribution is 4.86. The zero-order valence-corrected chi connectivity index (χ0v) is 8.42. The van der Waals surface area contributed by atoms with Crippen LogP contribution < -0.4 is 0 Å². The molecule has 70 valence electrons. The molecule has 1 aliphatic heterocycles. The Balaban J connectivity index is 1.91. The van der Waals surface area contributed by atoms with E-state index in [-0.39, 0.29) is 0 Å². The van der Waals surface area contributed by atoms with Crippen LogP contribution in [-0.4, -0.2) is 24.0 Å². The zero-order valence-electron chi connectivity index (χ0n) is 8.42. The Morgan fingerprint density at radius 1 is 1.08 bits per heavy atom. The Morgan fingerprint density at radius 3 is 2.42 bits per heavy atom. The predicted octanol–water partition coefficient (Wildman–Crippen LogP) is 2.52. The van der Waals surface area contributed by atoms with Gasteiger partial charge in [-0.3, -0.25) is 4.90 Å². The van der Waals surface area contributed by atoms with Gasteiger partial charge in [0.05, 0.1) is 0 Å². The van der Waals surface area contributed by atoms with Crippen LogP contribution in [0.1, 0.15) is 39.5 Å². The van der Waals surface area contributed by atoms with E-state index in [0.717, 1.165) is 17.9 Å². The SMILES string of the molecule is CC1CCN(C2CCCC2C)C1. The largest absolute Gasteiger partial charge is 0.300 e. The maximum absolute atomic E-state index is 2.74. The lowest BCUT2D eigenvalue weighted by atomic mass is 10.1. The van der Waals surface area contributed by atoms with E-state index >= 15 is 0 Å². The smallest absolute Gasteiger partial charge is 0.0121 e. The van der Waals surface area contributed by atoms with Crippen LogP contribution in [0.5, 0.6) is 0 Å². The topological polar surface area (TPSA) is 3.24 Å². The third-order valence-corrected chi connectivity index (χ3v) is 3.74. The van der Waals surface area contributed by atoms with E-state index in [2.05, 4.69) is 18.7 Å². The maximum Gasteiger partial charge on any atom is 0.0121 e. The summed E-state index contributed by atoms with van der Waals surface area (Å²) in [6.45, 7) is 7.56. The van der Waals surface area contributed by atoms with Crippen molar-refractivity contribution >= 4 is 0 Å². The van der Waals surface area contributed by atoms with Gasteiger partial charge in [0.2, 0.25) is 0 Å². The molecule has 0 radical (unpaired) electrons. The molecule has 1 saturated carbocycles. The van der Waals surface area contributed by atoms with Crippen molar-refractivity contribution in [1.82, 2.24) is 4.90 Å². The second kappa shape index (κ2) is 3.37. The first-order valence-electron chi connectivity index (χ1n) is 5.51. The van der Waals surface area contributed by atoms with Gasteiger partial charge in [-0.1, -0.05) is 20.3 Å². The van der Waals surface area contributed by atoms with Gasteiger partial charge in [0, 0.05) is 12.6 Å². The highest BCUT2D eigenvalue weighted by Gasteiger charge is 2.32. The van der Waals surface area contributed by atoms with Crippen molar-refractivity contribution < 1.29 is 0 Å². The molecule has 1 nitrogen and oxygen atoms in total. The lowest BCUT2D eigenvalue weighted by molar-refractivity contribution is 0.200. The van der Waals surface area contributed by atoms with Crippen molar-refractivity contribution in [2.75, 3.05) is 13.1 Å². The molecule has 3 atom stereocenters. The number of rotatable bonds is 1. The summed E-state index contributed by atoms with van der Waals surface area (Å²) in [6, 6.07) is 0.940. The fourth-order valence-corrected chi connectivity index (χ4v) is 2.94. The van der Waals surface area contributed by atoms with Crippen molar-refractivity contribution in [2.24, 2.45) is 11.8 Å². The van der Waals surface area contributed by atoms with E-state index in [1.807, 2.05) is 0 Å². The Bertz CT molecular complexity index is 155. The van der Waals surface area contributed by atoms with Gasteiger partial charge >= 0.3 is 0 Å². The maximum atomic E-state index is 2.74. The summed E-state index contributed by atoms with van der Waals surface area (Å²) in [5.74, 6) is 1.92. The van der Waals surface area contributed by atoms with Crippen LogP contribution in [-0.2, 0) is 0 Å². The van der Waals surface area contributed by atoms with E-state index in [1.165, 1.54) is 38.8 Å². The number of hydrogen-bond donors (Lipinski definition) is 0. The van der Waals surface area contributed by atoms with E-state index in [1.54, 1.807) is 0 Å². The first-order chi connectivity index (χ1) is 5.77. The quantitative estimate of drug-likeness (QED) is 0.580. The van der Waals surface area contributed by atoms with Crippen LogP contribution in [0, 0.1) is 11.8 Å². The van der Waals surface area contributed by atoms with E-state index in [9.17, 15) is 0 Å². The normalized spacial score (nSPS) is 44.0. The summed E-state index contributed by atoms with van der Waals surface area (Å²) in [5.41, 5.74) is 0. The highest BCUT2D eigenvalue weighted by atomic mass is 15.2. The van der Waals surface area contributed by atoms with Crippen molar-refractivity contribution in [3.8, 4) is 0 Å². The van der Waals surface area contributed by atoms with Gasteiger partial charge in [-0.2, -0.15) is 0 Å². The molecule has 1 heterocycles. The first kappa shape index (κ1) is 8.55. The Morgan fingerprint density at radius 2 is 1.92 bits per heavy atom. The fraction of sp³-hybridized carbons (Fsp3) is 1.00. The molecule has 2 rings (SSSR count). The standard InChI is InChI=1S/C11H21N/c1-9-6-7-12(8-9)11-5-3-4-10(11)2/h9-11H,3-8H2,1-2H3. The van der Waals surface area contributed by atoms with E-state index in [4.69, 9.17) is 0 Å². The monoisotopic (exact) mass is 167 g/mol. The molecule has 1 saturated heterocycles. The van der Waals surface area contributed by atoms with Crippen LogP contribution >= 0.6 is 0 Å². The van der Waals surface area contributed by atoms with Gasteiger partial charge in [0.15, 0.2) is 0 Å². The Hall–Kier alpha value is -0.0400. The molecule has 2 aliphatic rings. The molecule has 0 spiro atoms. The van der Waals surface area contributed by atoms with E-state index in [0.29, 0.717) is 0 Å². The number of nitrogens with zero attached hydrogens (tertiary/aromatic N) is 1. The zero-order chi connectivity index (χ0) is 8.55. The van der Waals surface area contributed by atoms with Crippen LogP contribution in [0.2, 0.25) is 0 Å². The minimum absolute atomic E-state index is 0.940. The molecule has 2 fully saturated rings. The van der Waals surface area contributed by atoms with Gasteiger partial charge in [-0.05, 0) is 37.6 Å². The van der Waals surface area contributed by atoms with Gasteiger partial charge < -0.3 is 0 Å². The van der Waals surface area contributed by atoms with Crippen molar-refractivity contribution in [3.05, 3.63) is 0 Å². The van der Waals surface area contributed by atoms with Crippen LogP contribution in [0.25, 0.3) is 0 Å². The third-order valence-electron chi connectivity index (χ3n) is 3.74. The predicted molar refractivity (Wildman–Crippen MR) is 52.2 cm³/mol. The second-order valence-electron chi connectivity index (χ2n) is 4.86. The van der Waals surface area contributed by atoms with Crippen molar-refractivity contribution in [1.29, 1.82) is 0 Å². The summed E-state index contributed by atoms with van der Waals surface area (Å²) in [4.78, 5) is 2.74. The average Bonchev–Trinajstić information content (AvgIpc) is 2.58.